The van der Waals surface area contributed by atoms with E-state index in [4.69, 9.17) is 0 Å². The van der Waals surface area contributed by atoms with E-state index in [2.05, 4.69) is 214 Å². The summed E-state index contributed by atoms with van der Waals surface area (Å²) in [7, 11) is -1.34. The smallest absolute Gasteiger partial charge is 0.0622 e. The molecule has 1 heteroatoms. The van der Waals surface area contributed by atoms with Gasteiger partial charge in [-0.1, -0.05) is 166 Å². The van der Waals surface area contributed by atoms with Crippen LogP contribution in [-0.2, 0) is 5.41 Å². The van der Waals surface area contributed by atoms with Gasteiger partial charge in [0, 0.05) is 5.41 Å². The van der Waals surface area contributed by atoms with Crippen molar-refractivity contribution in [2.75, 3.05) is 0 Å². The Kier molecular flexibility index (Phi) is 7.60. The van der Waals surface area contributed by atoms with Gasteiger partial charge in [0.25, 0.3) is 0 Å². The summed E-state index contributed by atoms with van der Waals surface area (Å²) in [5, 5.41) is 6.93. The van der Waals surface area contributed by atoms with Crippen LogP contribution in [0.15, 0.2) is 200 Å². The standard InChI is InChI=1S/C55H39P/c1-55(2)51-34-41(28-31-48(51)54-49-25-13-24-47-45-22-9-10-23-46(45)50(53(47)49)35-52(54)55)38-26-29-42(30-27-38)56(43-20-11-18-39(32-43)36-14-5-3-6-15-36)44-21-12-19-40(33-44)37-16-7-4-8-17-37/h3-35H,1-2H3/p+1. The Morgan fingerprint density at radius 2 is 0.821 bits per heavy atom. The van der Waals surface area contributed by atoms with Crippen LogP contribution < -0.4 is 15.9 Å². The Hall–Kier alpha value is -6.33. The van der Waals surface area contributed by atoms with E-state index in [0.29, 0.717) is 0 Å². The summed E-state index contributed by atoms with van der Waals surface area (Å²) in [6.45, 7) is 4.82. The Labute approximate surface area is 330 Å². The SMILES string of the molecule is CC1(C)c2cc(-c3ccc([PH+](c4cccc(-c5ccccc5)c4)c4cccc(-c5ccccc5)c4)cc3)ccc2-c2c1cc1c3c(cccc23)-c2ccccc2-1. The van der Waals surface area contributed by atoms with Crippen LogP contribution in [0.1, 0.15) is 25.0 Å². The van der Waals surface area contributed by atoms with Crippen molar-refractivity contribution in [2.24, 2.45) is 0 Å². The normalized spacial score (nSPS) is 13.1. The van der Waals surface area contributed by atoms with Gasteiger partial charge in [-0.25, -0.2) is 0 Å². The molecule has 0 heterocycles. The van der Waals surface area contributed by atoms with Crippen LogP contribution in [0.4, 0.5) is 0 Å². The summed E-state index contributed by atoms with van der Waals surface area (Å²) in [4.78, 5) is 0. The molecule has 0 aliphatic heterocycles. The van der Waals surface area contributed by atoms with Crippen LogP contribution in [0.25, 0.3) is 77.5 Å². The molecule has 0 spiro atoms. The summed E-state index contributed by atoms with van der Waals surface area (Å²) in [5.74, 6) is 0. The lowest BCUT2D eigenvalue weighted by molar-refractivity contribution is 0.661. The second-order valence-corrected chi connectivity index (χ2v) is 18.3. The van der Waals surface area contributed by atoms with E-state index in [1.54, 1.807) is 0 Å². The fourth-order valence-electron chi connectivity index (χ4n) is 9.56. The minimum absolute atomic E-state index is 0.122. The molecule has 0 aromatic heterocycles. The number of hydrogen-bond acceptors (Lipinski definition) is 0. The van der Waals surface area contributed by atoms with E-state index in [1.807, 2.05) is 0 Å². The molecule has 2 aliphatic rings. The maximum absolute atomic E-state index is 2.50. The number of benzene rings is 9. The molecule has 0 radical (unpaired) electrons. The molecule has 0 nitrogen and oxygen atoms in total. The molecule has 0 N–H and O–H groups in total. The van der Waals surface area contributed by atoms with Crippen LogP contribution in [0.5, 0.6) is 0 Å². The largest absolute Gasteiger partial charge is 0.103 e. The first-order valence-corrected chi connectivity index (χ1v) is 21.2. The van der Waals surface area contributed by atoms with Crippen LogP contribution in [0, 0.1) is 0 Å². The fraction of sp³-hybridized carbons (Fsp3) is 0.0545. The summed E-state index contributed by atoms with van der Waals surface area (Å²) in [5.41, 5.74) is 18.5. The molecular formula is C55H40P+. The van der Waals surface area contributed by atoms with Gasteiger partial charge < -0.3 is 0 Å². The fourth-order valence-corrected chi connectivity index (χ4v) is 12.2. The predicted octanol–water partition coefficient (Wildman–Crippen LogP) is 13.3. The van der Waals surface area contributed by atoms with E-state index >= 15 is 0 Å². The van der Waals surface area contributed by atoms with Crippen molar-refractivity contribution in [1.29, 1.82) is 0 Å². The highest BCUT2D eigenvalue weighted by atomic mass is 31.1. The molecular weight excluding hydrogens is 692 g/mol. The predicted molar refractivity (Wildman–Crippen MR) is 242 cm³/mol. The molecule has 2 aliphatic carbocycles. The Balaban J connectivity index is 0.998. The van der Waals surface area contributed by atoms with E-state index < -0.39 is 7.92 Å². The number of fused-ring (bicyclic) bond motifs is 7. The molecule has 56 heavy (non-hydrogen) atoms. The van der Waals surface area contributed by atoms with Crippen molar-refractivity contribution < 1.29 is 0 Å². The highest BCUT2D eigenvalue weighted by molar-refractivity contribution is 7.79. The first-order valence-electron chi connectivity index (χ1n) is 19.7. The quantitative estimate of drug-likeness (QED) is 0.149. The van der Waals surface area contributed by atoms with Crippen molar-refractivity contribution in [1.82, 2.24) is 0 Å². The van der Waals surface area contributed by atoms with E-state index in [0.717, 1.165) is 0 Å². The van der Waals surface area contributed by atoms with Gasteiger partial charge in [0.15, 0.2) is 0 Å². The van der Waals surface area contributed by atoms with Crippen molar-refractivity contribution in [3.63, 3.8) is 0 Å². The second-order valence-electron chi connectivity index (χ2n) is 15.9. The van der Waals surface area contributed by atoms with Gasteiger partial charge >= 0.3 is 0 Å². The third-order valence-electron chi connectivity index (χ3n) is 12.3. The lowest BCUT2D eigenvalue weighted by Gasteiger charge is -2.23. The van der Waals surface area contributed by atoms with Crippen molar-refractivity contribution in [2.45, 2.75) is 19.3 Å². The van der Waals surface area contributed by atoms with Gasteiger partial charge in [-0.3, -0.25) is 0 Å². The zero-order valence-corrected chi connectivity index (χ0v) is 32.6. The van der Waals surface area contributed by atoms with E-state index in [1.165, 1.54) is 105 Å². The zero-order valence-electron chi connectivity index (χ0n) is 31.6. The van der Waals surface area contributed by atoms with Crippen molar-refractivity contribution >= 4 is 34.6 Å². The molecule has 11 rings (SSSR count). The minimum atomic E-state index is -1.34. The molecule has 0 saturated carbocycles. The average molecular weight is 732 g/mol. The highest BCUT2D eigenvalue weighted by Gasteiger charge is 2.39. The first-order chi connectivity index (χ1) is 27.5. The van der Waals surface area contributed by atoms with Gasteiger partial charge in [0.1, 0.15) is 15.9 Å². The van der Waals surface area contributed by atoms with E-state index in [9.17, 15) is 0 Å². The van der Waals surface area contributed by atoms with Crippen molar-refractivity contribution in [3.05, 3.63) is 211 Å². The summed E-state index contributed by atoms with van der Waals surface area (Å²) < 4.78 is 0. The van der Waals surface area contributed by atoms with E-state index in [-0.39, 0.29) is 5.41 Å². The lowest BCUT2D eigenvalue weighted by atomic mass is 9.80. The van der Waals surface area contributed by atoms with Gasteiger partial charge in [-0.05, 0) is 137 Å². The zero-order chi connectivity index (χ0) is 37.4. The molecule has 0 bridgehead atoms. The minimum Gasteiger partial charge on any atom is -0.0622 e. The average Bonchev–Trinajstić information content (AvgIpc) is 3.70. The molecule has 0 atom stereocenters. The second kappa shape index (κ2) is 12.9. The third-order valence-corrected chi connectivity index (χ3v) is 15.0. The molecule has 0 fully saturated rings. The maximum atomic E-state index is 2.50. The van der Waals surface area contributed by atoms with Crippen molar-refractivity contribution in [3.8, 4) is 66.8 Å². The molecule has 0 unspecified atom stereocenters. The topological polar surface area (TPSA) is 0 Å². The summed E-state index contributed by atoms with van der Waals surface area (Å²) in [6.07, 6.45) is 0. The molecule has 264 valence electrons. The summed E-state index contributed by atoms with van der Waals surface area (Å²) >= 11 is 0. The lowest BCUT2D eigenvalue weighted by Crippen LogP contribution is -2.21. The third kappa shape index (κ3) is 5.17. The molecule has 9 aromatic rings. The van der Waals surface area contributed by atoms with Gasteiger partial charge in [-0.15, -0.1) is 0 Å². The number of rotatable bonds is 6. The monoisotopic (exact) mass is 731 g/mol. The molecule has 9 aromatic carbocycles. The Morgan fingerprint density at radius 1 is 0.321 bits per heavy atom. The number of hydrogen-bond donors (Lipinski definition) is 0. The highest BCUT2D eigenvalue weighted by Crippen LogP contribution is 2.57. The first kappa shape index (κ1) is 33.0. The van der Waals surface area contributed by atoms with Gasteiger partial charge in [0.05, 0.1) is 7.92 Å². The van der Waals surface area contributed by atoms with Gasteiger partial charge in [0.2, 0.25) is 0 Å². The molecule has 0 saturated heterocycles. The maximum Gasteiger partial charge on any atom is 0.103 e. The van der Waals surface area contributed by atoms with Crippen LogP contribution in [0.2, 0.25) is 0 Å². The Bertz CT molecular complexity index is 2890. The van der Waals surface area contributed by atoms with Crippen LogP contribution in [0.3, 0.4) is 0 Å². The Morgan fingerprint density at radius 3 is 1.46 bits per heavy atom. The summed E-state index contributed by atoms with van der Waals surface area (Å²) in [6, 6.07) is 75.0. The van der Waals surface area contributed by atoms with Crippen LogP contribution in [-0.4, -0.2) is 0 Å². The van der Waals surface area contributed by atoms with Gasteiger partial charge in [-0.2, -0.15) is 0 Å². The van der Waals surface area contributed by atoms with Crippen LogP contribution >= 0.6 is 7.92 Å². The molecule has 0 amide bonds.